The molecule has 0 radical (unpaired) electrons. The Morgan fingerprint density at radius 3 is 2.73 bits per heavy atom. The summed E-state index contributed by atoms with van der Waals surface area (Å²) in [5.41, 5.74) is 3.44. The number of fused-ring (bicyclic) bond motifs is 2. The smallest absolute Gasteiger partial charge is 0.246 e. The fourth-order valence-electron chi connectivity index (χ4n) is 5.77. The Hall–Kier alpha value is -2.93. The summed E-state index contributed by atoms with van der Waals surface area (Å²) in [6.07, 6.45) is 4.93. The molecule has 5 rings (SSSR count). The number of aliphatic hydroxyl groups excluding tert-OH is 1. The van der Waals surface area contributed by atoms with E-state index >= 15 is 0 Å². The molecule has 0 aromatic heterocycles. The third-order valence-electron chi connectivity index (χ3n) is 8.00. The summed E-state index contributed by atoms with van der Waals surface area (Å²) in [7, 11) is 1.50. The van der Waals surface area contributed by atoms with Crippen LogP contribution in [-0.4, -0.2) is 49.0 Å². The molecule has 3 aromatic carbocycles. The Kier molecular flexibility index (Phi) is 7.79. The lowest BCUT2D eigenvalue weighted by atomic mass is 9.72. The third-order valence-corrected chi connectivity index (χ3v) is 8.00. The highest BCUT2D eigenvalue weighted by atomic mass is 16.5. The number of carbonyl (C=O) groups is 1. The zero-order chi connectivity index (χ0) is 25.8. The average molecular weight is 503 g/mol. The molecule has 6 heteroatoms. The van der Waals surface area contributed by atoms with E-state index in [1.807, 2.05) is 18.2 Å². The maximum absolute atomic E-state index is 12.5. The molecule has 1 saturated carbocycles. The van der Waals surface area contributed by atoms with Gasteiger partial charge in [0.1, 0.15) is 18.0 Å². The lowest BCUT2D eigenvalue weighted by Crippen LogP contribution is -2.52. The minimum absolute atomic E-state index is 0.0398. The number of ether oxygens (including phenoxy) is 2. The molecule has 0 unspecified atom stereocenters. The van der Waals surface area contributed by atoms with Gasteiger partial charge in [0.2, 0.25) is 5.91 Å². The number of hydrogen-bond donors (Lipinski definition) is 3. The number of nitrogens with one attached hydrogen (secondary N) is 2. The lowest BCUT2D eigenvalue weighted by molar-refractivity contribution is -0.126. The number of hydrogen-bond acceptors (Lipinski definition) is 5. The van der Waals surface area contributed by atoms with Crippen molar-refractivity contribution in [2.24, 2.45) is 0 Å². The van der Waals surface area contributed by atoms with E-state index in [4.69, 9.17) is 9.47 Å². The van der Waals surface area contributed by atoms with Gasteiger partial charge in [-0.2, -0.15) is 0 Å². The third kappa shape index (κ3) is 5.66. The van der Waals surface area contributed by atoms with Crippen LogP contribution in [0.4, 0.5) is 0 Å². The molecule has 1 amide bonds. The van der Waals surface area contributed by atoms with Crippen molar-refractivity contribution in [2.45, 2.75) is 69.2 Å². The molecular weight excluding hydrogens is 464 g/mol. The van der Waals surface area contributed by atoms with E-state index in [1.54, 1.807) is 0 Å². The van der Waals surface area contributed by atoms with E-state index in [1.165, 1.54) is 19.1 Å². The Morgan fingerprint density at radius 1 is 1.16 bits per heavy atom. The minimum Gasteiger partial charge on any atom is -0.487 e. The second-order valence-electron chi connectivity index (χ2n) is 10.5. The molecule has 6 nitrogen and oxygen atoms in total. The van der Waals surface area contributed by atoms with Gasteiger partial charge in [0, 0.05) is 31.7 Å². The first-order chi connectivity index (χ1) is 18.0. The van der Waals surface area contributed by atoms with Crippen LogP contribution in [0.2, 0.25) is 0 Å². The van der Waals surface area contributed by atoms with E-state index in [2.05, 4.69) is 60.0 Å². The van der Waals surface area contributed by atoms with Gasteiger partial charge in [-0.15, -0.1) is 0 Å². The standard InChI is InChI=1S/C31H38N2O4/c1-3-21-12-13-29-25(16-21)27(18-31(37-29)14-7-15-31)32-19-28(34)26(33-30(35)20-36-2)17-23-10-6-9-22-8-4-5-11-24(22)23/h4-6,8-13,16,26-28,32,34H,3,7,14-15,17-20H2,1-2H3,(H,33,35)/t26-,27-,28-/m0/s1. The van der Waals surface area contributed by atoms with Crippen molar-refractivity contribution in [2.75, 3.05) is 20.3 Å². The van der Waals surface area contributed by atoms with Gasteiger partial charge in [-0.05, 0) is 60.1 Å². The normalized spacial score (nSPS) is 19.5. The highest BCUT2D eigenvalue weighted by molar-refractivity contribution is 5.85. The average Bonchev–Trinajstić information content (AvgIpc) is 2.90. The highest BCUT2D eigenvalue weighted by Gasteiger charge is 2.45. The SMILES string of the molecule is CCc1ccc2c(c1)[C@@H](NC[C@H](O)[C@H](Cc1cccc3ccccc13)NC(=O)COC)CC1(CCC1)O2. The number of aliphatic hydroxyl groups is 1. The molecule has 1 spiro atoms. The van der Waals surface area contributed by atoms with Crippen molar-refractivity contribution in [1.29, 1.82) is 0 Å². The molecule has 1 fully saturated rings. The fourth-order valence-corrected chi connectivity index (χ4v) is 5.77. The number of aryl methyl sites for hydroxylation is 1. The number of amides is 1. The van der Waals surface area contributed by atoms with E-state index < -0.39 is 12.1 Å². The van der Waals surface area contributed by atoms with Gasteiger partial charge in [0.15, 0.2) is 0 Å². The van der Waals surface area contributed by atoms with Crippen molar-refractivity contribution >= 4 is 16.7 Å². The van der Waals surface area contributed by atoms with Crippen LogP contribution in [0, 0.1) is 0 Å². The lowest BCUT2D eigenvalue weighted by Gasteiger charge is -2.48. The van der Waals surface area contributed by atoms with Crippen LogP contribution < -0.4 is 15.4 Å². The van der Waals surface area contributed by atoms with Crippen LogP contribution in [0.5, 0.6) is 5.75 Å². The quantitative estimate of drug-likeness (QED) is 0.381. The Bertz CT molecular complexity index is 1230. The summed E-state index contributed by atoms with van der Waals surface area (Å²) < 4.78 is 11.5. The molecule has 196 valence electrons. The van der Waals surface area contributed by atoms with Crippen LogP contribution in [0.3, 0.4) is 0 Å². The van der Waals surface area contributed by atoms with Gasteiger partial charge >= 0.3 is 0 Å². The number of rotatable bonds is 10. The molecule has 3 N–H and O–H groups in total. The predicted octanol–water partition coefficient (Wildman–Crippen LogP) is 4.47. The van der Waals surface area contributed by atoms with Crippen LogP contribution in [-0.2, 0) is 22.4 Å². The van der Waals surface area contributed by atoms with Gasteiger partial charge in [0.25, 0.3) is 0 Å². The molecule has 2 aliphatic rings. The van der Waals surface area contributed by atoms with E-state index in [0.717, 1.165) is 53.3 Å². The van der Waals surface area contributed by atoms with Crippen LogP contribution in [0.25, 0.3) is 10.8 Å². The number of methoxy groups -OCH3 is 1. The topological polar surface area (TPSA) is 79.8 Å². The van der Waals surface area contributed by atoms with Crippen molar-refractivity contribution in [3.63, 3.8) is 0 Å². The number of carbonyl (C=O) groups excluding carboxylic acids is 1. The van der Waals surface area contributed by atoms with Crippen molar-refractivity contribution in [1.82, 2.24) is 10.6 Å². The van der Waals surface area contributed by atoms with Gasteiger partial charge in [-0.3, -0.25) is 4.79 Å². The van der Waals surface area contributed by atoms with Gasteiger partial charge in [-0.1, -0.05) is 61.5 Å². The highest BCUT2D eigenvalue weighted by Crippen LogP contribution is 2.49. The summed E-state index contributed by atoms with van der Waals surface area (Å²) in [5.74, 6) is 0.722. The van der Waals surface area contributed by atoms with E-state index in [9.17, 15) is 9.90 Å². The first-order valence-corrected chi connectivity index (χ1v) is 13.5. The molecule has 0 saturated heterocycles. The van der Waals surface area contributed by atoms with Crippen molar-refractivity contribution in [3.05, 3.63) is 77.4 Å². The maximum Gasteiger partial charge on any atom is 0.246 e. The number of benzene rings is 3. The Labute approximate surface area is 219 Å². The summed E-state index contributed by atoms with van der Waals surface area (Å²) in [4.78, 5) is 12.5. The molecule has 3 aromatic rings. The minimum atomic E-state index is -0.780. The van der Waals surface area contributed by atoms with Crippen LogP contribution >= 0.6 is 0 Å². The molecule has 1 aliphatic carbocycles. The zero-order valence-electron chi connectivity index (χ0n) is 21.8. The summed E-state index contributed by atoms with van der Waals surface area (Å²) in [6, 6.07) is 20.5. The second kappa shape index (κ2) is 11.2. The van der Waals surface area contributed by atoms with E-state index in [0.29, 0.717) is 13.0 Å². The van der Waals surface area contributed by atoms with Gasteiger partial charge in [0.05, 0.1) is 12.1 Å². The van der Waals surface area contributed by atoms with Crippen LogP contribution in [0.1, 0.15) is 55.3 Å². The Balaban J connectivity index is 1.35. The van der Waals surface area contributed by atoms with Crippen molar-refractivity contribution < 1.29 is 19.4 Å². The van der Waals surface area contributed by atoms with E-state index in [-0.39, 0.29) is 24.2 Å². The Morgan fingerprint density at radius 2 is 1.97 bits per heavy atom. The molecule has 1 aliphatic heterocycles. The first kappa shape index (κ1) is 25.7. The second-order valence-corrected chi connectivity index (χ2v) is 10.5. The molecule has 37 heavy (non-hydrogen) atoms. The summed E-state index contributed by atoms with van der Waals surface area (Å²) >= 11 is 0. The predicted molar refractivity (Wildman–Crippen MR) is 146 cm³/mol. The largest absolute Gasteiger partial charge is 0.487 e. The van der Waals surface area contributed by atoms with Gasteiger partial charge < -0.3 is 25.2 Å². The molecule has 3 atom stereocenters. The van der Waals surface area contributed by atoms with Crippen LogP contribution in [0.15, 0.2) is 60.7 Å². The first-order valence-electron chi connectivity index (χ1n) is 13.5. The van der Waals surface area contributed by atoms with Gasteiger partial charge in [-0.25, -0.2) is 0 Å². The zero-order valence-corrected chi connectivity index (χ0v) is 21.8. The summed E-state index contributed by atoms with van der Waals surface area (Å²) in [6.45, 7) is 2.48. The maximum atomic E-state index is 12.5. The fraction of sp³-hybridized carbons (Fsp3) is 0.452. The molecule has 1 heterocycles. The summed E-state index contributed by atoms with van der Waals surface area (Å²) in [5, 5.41) is 20.3. The molecular formula is C31H38N2O4. The monoisotopic (exact) mass is 502 g/mol. The van der Waals surface area contributed by atoms with Crippen molar-refractivity contribution in [3.8, 4) is 5.75 Å². The molecule has 0 bridgehead atoms.